The Labute approximate surface area is 131 Å². The van der Waals surface area contributed by atoms with E-state index in [0.717, 1.165) is 15.5 Å². The van der Waals surface area contributed by atoms with Crippen molar-refractivity contribution in [3.05, 3.63) is 58.5 Å². The number of aromatic amines is 1. The summed E-state index contributed by atoms with van der Waals surface area (Å²) in [7, 11) is 0. The van der Waals surface area contributed by atoms with Crippen molar-refractivity contribution in [3.8, 4) is 0 Å². The third-order valence-corrected chi connectivity index (χ3v) is 3.47. The molecular weight excluding hydrogens is 298 g/mol. The lowest BCUT2D eigenvalue weighted by Crippen LogP contribution is -2.29. The number of rotatable bonds is 2. The summed E-state index contributed by atoms with van der Waals surface area (Å²) in [5.41, 5.74) is 6.51. The van der Waals surface area contributed by atoms with Crippen LogP contribution in [0.25, 0.3) is 10.8 Å². The molecule has 0 spiro atoms. The highest BCUT2D eigenvalue weighted by atomic mass is 32.1. The number of azo groups is 1. The van der Waals surface area contributed by atoms with Crippen molar-refractivity contribution in [1.82, 2.24) is 9.78 Å². The van der Waals surface area contributed by atoms with Crippen LogP contribution in [0.1, 0.15) is 5.69 Å². The predicted octanol–water partition coefficient (Wildman–Crippen LogP) is 3.15. The molecular formula is C15H13N5OS. The molecule has 1 heterocycles. The van der Waals surface area contributed by atoms with Crippen molar-refractivity contribution in [1.29, 1.82) is 0 Å². The highest BCUT2D eigenvalue weighted by molar-refractivity contribution is 7.80. The summed E-state index contributed by atoms with van der Waals surface area (Å²) in [6.07, 6.45) is 0. The molecule has 3 N–H and O–H groups in total. The molecule has 0 radical (unpaired) electrons. The van der Waals surface area contributed by atoms with Gasteiger partial charge in [0.05, 0.1) is 11.4 Å². The molecule has 1 aromatic heterocycles. The van der Waals surface area contributed by atoms with Gasteiger partial charge in [-0.1, -0.05) is 36.4 Å². The molecule has 0 amide bonds. The van der Waals surface area contributed by atoms with Gasteiger partial charge in [0.2, 0.25) is 0 Å². The van der Waals surface area contributed by atoms with E-state index in [-0.39, 0.29) is 10.8 Å². The number of fused-ring (bicyclic) bond motifs is 1. The second-order valence-corrected chi connectivity index (χ2v) is 5.18. The molecule has 110 valence electrons. The van der Waals surface area contributed by atoms with Crippen molar-refractivity contribution in [3.63, 3.8) is 0 Å². The molecule has 0 saturated heterocycles. The number of nitrogens with zero attached hydrogens (tertiary/aromatic N) is 3. The number of nitrogens with one attached hydrogen (secondary N) is 1. The van der Waals surface area contributed by atoms with E-state index in [0.29, 0.717) is 11.4 Å². The summed E-state index contributed by atoms with van der Waals surface area (Å²) in [6, 6.07) is 13.6. The highest BCUT2D eigenvalue weighted by Gasteiger charge is 2.12. The smallest absolute Gasteiger partial charge is 0.301 e. The summed E-state index contributed by atoms with van der Waals surface area (Å²) in [4.78, 5) is 12.1. The van der Waals surface area contributed by atoms with Gasteiger partial charge in [0, 0.05) is 5.39 Å². The standard InChI is InChI=1S/C15H13N5OS/c1-9-13(14(21)20(19-9)15(16)22)18-17-12-8-4-6-10-5-2-3-7-11(10)12/h2-8,19H,1H3,(H2,16,22). The number of thiocarbonyl (C=S) groups is 1. The highest BCUT2D eigenvalue weighted by Crippen LogP contribution is 2.27. The Morgan fingerprint density at radius 2 is 1.91 bits per heavy atom. The van der Waals surface area contributed by atoms with Gasteiger partial charge in [-0.15, -0.1) is 10.2 Å². The quantitative estimate of drug-likeness (QED) is 0.563. The van der Waals surface area contributed by atoms with Gasteiger partial charge < -0.3 is 5.73 Å². The Kier molecular flexibility index (Phi) is 3.56. The largest absolute Gasteiger partial charge is 0.374 e. The summed E-state index contributed by atoms with van der Waals surface area (Å²) >= 11 is 4.80. The van der Waals surface area contributed by atoms with E-state index in [1.807, 2.05) is 42.5 Å². The number of H-pyrrole nitrogens is 1. The Morgan fingerprint density at radius 3 is 2.64 bits per heavy atom. The van der Waals surface area contributed by atoms with Gasteiger partial charge in [0.25, 0.3) is 0 Å². The van der Waals surface area contributed by atoms with Crippen LogP contribution in [0.3, 0.4) is 0 Å². The molecule has 0 aliphatic heterocycles. The molecule has 0 aliphatic rings. The van der Waals surface area contributed by atoms with Crippen LogP contribution in [-0.2, 0) is 0 Å². The van der Waals surface area contributed by atoms with E-state index in [9.17, 15) is 4.79 Å². The molecule has 3 aromatic rings. The van der Waals surface area contributed by atoms with Crippen molar-refractivity contribution in [2.75, 3.05) is 0 Å². The fourth-order valence-electron chi connectivity index (χ4n) is 2.21. The maximum absolute atomic E-state index is 12.1. The Balaban J connectivity index is 2.08. The molecule has 0 fully saturated rings. The zero-order valence-corrected chi connectivity index (χ0v) is 12.6. The van der Waals surface area contributed by atoms with E-state index in [1.54, 1.807) is 6.92 Å². The number of hydrogen-bond donors (Lipinski definition) is 2. The SMILES string of the molecule is Cc1[nH]n(C(N)=S)c(=O)c1N=Nc1cccc2ccccc12. The molecule has 0 unspecified atom stereocenters. The summed E-state index contributed by atoms with van der Waals surface area (Å²) in [5, 5.41) is 13.0. The van der Waals surface area contributed by atoms with E-state index < -0.39 is 5.56 Å². The topological polar surface area (TPSA) is 88.5 Å². The molecule has 0 aliphatic carbocycles. The number of aromatic nitrogens is 2. The first-order valence-electron chi connectivity index (χ1n) is 6.59. The van der Waals surface area contributed by atoms with Crippen LogP contribution in [0.15, 0.2) is 57.5 Å². The fourth-order valence-corrected chi connectivity index (χ4v) is 2.34. The van der Waals surface area contributed by atoms with Gasteiger partial charge in [0.15, 0.2) is 10.8 Å². The predicted molar refractivity (Wildman–Crippen MR) is 90.1 cm³/mol. The van der Waals surface area contributed by atoms with Crippen LogP contribution in [0.4, 0.5) is 11.4 Å². The minimum atomic E-state index is -0.408. The van der Waals surface area contributed by atoms with Crippen LogP contribution < -0.4 is 11.3 Å². The maximum Gasteiger partial charge on any atom is 0.301 e. The van der Waals surface area contributed by atoms with E-state index >= 15 is 0 Å². The monoisotopic (exact) mass is 311 g/mol. The minimum absolute atomic E-state index is 0.0558. The van der Waals surface area contributed by atoms with Crippen LogP contribution in [0.5, 0.6) is 0 Å². The number of aryl methyl sites for hydroxylation is 1. The van der Waals surface area contributed by atoms with Crippen molar-refractivity contribution in [2.24, 2.45) is 16.0 Å². The van der Waals surface area contributed by atoms with Gasteiger partial charge in [-0.2, -0.15) is 4.68 Å². The molecule has 0 bridgehead atoms. The van der Waals surface area contributed by atoms with E-state index in [4.69, 9.17) is 18.0 Å². The minimum Gasteiger partial charge on any atom is -0.374 e. The van der Waals surface area contributed by atoms with E-state index in [2.05, 4.69) is 15.3 Å². The zero-order valence-electron chi connectivity index (χ0n) is 11.8. The summed E-state index contributed by atoms with van der Waals surface area (Å²) < 4.78 is 1.07. The normalized spacial score (nSPS) is 11.3. The van der Waals surface area contributed by atoms with Crippen molar-refractivity contribution >= 4 is 39.5 Å². The van der Waals surface area contributed by atoms with Gasteiger partial charge in [-0.3, -0.25) is 9.89 Å². The molecule has 0 saturated carbocycles. The molecule has 2 aromatic carbocycles. The second-order valence-electron chi connectivity index (χ2n) is 4.76. The maximum atomic E-state index is 12.1. The third-order valence-electron chi connectivity index (χ3n) is 3.29. The Morgan fingerprint density at radius 1 is 1.18 bits per heavy atom. The second kappa shape index (κ2) is 5.53. The average molecular weight is 311 g/mol. The Bertz CT molecular complexity index is 949. The third kappa shape index (κ3) is 2.42. The molecule has 0 atom stereocenters. The molecule has 3 rings (SSSR count). The summed E-state index contributed by atoms with van der Waals surface area (Å²) in [6.45, 7) is 1.72. The lowest BCUT2D eigenvalue weighted by atomic mass is 10.1. The first-order chi connectivity index (χ1) is 10.6. The van der Waals surface area contributed by atoms with Gasteiger partial charge >= 0.3 is 5.56 Å². The van der Waals surface area contributed by atoms with Crippen LogP contribution >= 0.6 is 12.2 Å². The van der Waals surface area contributed by atoms with Crippen LogP contribution in [-0.4, -0.2) is 14.9 Å². The fraction of sp³-hybridized carbons (Fsp3) is 0.0667. The first-order valence-corrected chi connectivity index (χ1v) is 6.99. The Hall–Kier alpha value is -2.80. The van der Waals surface area contributed by atoms with Gasteiger partial charge in [0.1, 0.15) is 0 Å². The lowest BCUT2D eigenvalue weighted by molar-refractivity contribution is 0.889. The number of nitrogens with two attached hydrogens (primary N) is 1. The molecule has 22 heavy (non-hydrogen) atoms. The first kappa shape index (κ1) is 14.2. The van der Waals surface area contributed by atoms with Crippen LogP contribution in [0.2, 0.25) is 0 Å². The van der Waals surface area contributed by atoms with Crippen molar-refractivity contribution in [2.45, 2.75) is 6.92 Å². The lowest BCUT2D eigenvalue weighted by Gasteiger charge is -1.99. The van der Waals surface area contributed by atoms with Gasteiger partial charge in [-0.25, -0.2) is 0 Å². The van der Waals surface area contributed by atoms with E-state index in [1.165, 1.54) is 0 Å². The number of benzene rings is 2. The average Bonchev–Trinajstić information content (AvgIpc) is 2.80. The molecule has 6 nitrogen and oxygen atoms in total. The van der Waals surface area contributed by atoms with Crippen molar-refractivity contribution < 1.29 is 0 Å². The van der Waals surface area contributed by atoms with Gasteiger partial charge in [-0.05, 0) is 30.6 Å². The zero-order chi connectivity index (χ0) is 15.7. The molecule has 7 heteroatoms. The number of hydrogen-bond acceptors (Lipinski definition) is 4. The summed E-state index contributed by atoms with van der Waals surface area (Å²) in [5.74, 6) is 0. The van der Waals surface area contributed by atoms with Crippen LogP contribution in [0, 0.1) is 6.92 Å².